The minimum Gasteiger partial charge on any atom is -0.340 e. The van der Waals surface area contributed by atoms with Crippen LogP contribution in [0.15, 0.2) is 55.3 Å². The molecule has 0 bridgehead atoms. The minimum absolute atomic E-state index is 0.0732. The van der Waals surface area contributed by atoms with Gasteiger partial charge >= 0.3 is 0 Å². The first-order valence-electron chi connectivity index (χ1n) is 10.6. The number of anilines is 5. The summed E-state index contributed by atoms with van der Waals surface area (Å²) in [5, 5.41) is 9.35. The molecule has 0 fully saturated rings. The molecular weight excluding hydrogens is 416 g/mol. The highest BCUT2D eigenvalue weighted by molar-refractivity contribution is 5.99. The van der Waals surface area contributed by atoms with Crippen molar-refractivity contribution in [1.29, 1.82) is 0 Å². The van der Waals surface area contributed by atoms with Gasteiger partial charge in [-0.3, -0.25) is 9.59 Å². The largest absolute Gasteiger partial charge is 0.340 e. The third kappa shape index (κ3) is 5.01. The van der Waals surface area contributed by atoms with Crippen LogP contribution in [-0.4, -0.2) is 26.7 Å². The smallest absolute Gasteiger partial charge is 0.247 e. The van der Waals surface area contributed by atoms with E-state index in [1.165, 1.54) is 11.6 Å². The summed E-state index contributed by atoms with van der Waals surface area (Å²) < 4.78 is 0. The number of aromatic nitrogens is 2. The Labute approximate surface area is 192 Å². The molecule has 3 N–H and O–H groups in total. The predicted molar refractivity (Wildman–Crippen MR) is 130 cm³/mol. The maximum atomic E-state index is 11.7. The summed E-state index contributed by atoms with van der Waals surface area (Å²) >= 11 is 0. The zero-order valence-electron chi connectivity index (χ0n) is 18.9. The number of hydrogen-bond donors (Lipinski definition) is 3. The van der Waals surface area contributed by atoms with Crippen LogP contribution in [0.25, 0.3) is 0 Å². The number of benzene rings is 2. The molecule has 4 rings (SSSR count). The van der Waals surface area contributed by atoms with Gasteiger partial charge in [0.1, 0.15) is 5.82 Å². The minimum atomic E-state index is -0.270. The summed E-state index contributed by atoms with van der Waals surface area (Å²) in [4.78, 5) is 34.2. The quantitative estimate of drug-likeness (QED) is 0.484. The van der Waals surface area contributed by atoms with Crippen molar-refractivity contribution in [2.24, 2.45) is 0 Å². The Hall–Kier alpha value is -4.20. The molecule has 2 heterocycles. The average molecular weight is 443 g/mol. The zero-order chi connectivity index (χ0) is 23.5. The molecule has 3 aromatic rings. The number of amides is 2. The molecule has 0 spiro atoms. The Bertz CT molecular complexity index is 1250. The van der Waals surface area contributed by atoms with Crippen molar-refractivity contribution in [2.45, 2.75) is 33.9 Å². The van der Waals surface area contributed by atoms with Gasteiger partial charge in [0.25, 0.3) is 0 Å². The number of fused-ring (bicyclic) bond motifs is 1. The Morgan fingerprint density at radius 3 is 2.48 bits per heavy atom. The highest BCUT2D eigenvalue weighted by Gasteiger charge is 2.22. The second-order valence-corrected chi connectivity index (χ2v) is 8.06. The summed E-state index contributed by atoms with van der Waals surface area (Å²) in [6, 6.07) is 11.5. The van der Waals surface area contributed by atoms with E-state index in [2.05, 4.69) is 44.6 Å². The molecular formula is C25H26N6O2. The lowest BCUT2D eigenvalue weighted by Gasteiger charge is -2.14. The molecule has 33 heavy (non-hydrogen) atoms. The van der Waals surface area contributed by atoms with Gasteiger partial charge in [0.2, 0.25) is 17.8 Å². The van der Waals surface area contributed by atoms with Gasteiger partial charge in [0.15, 0.2) is 0 Å². The monoisotopic (exact) mass is 442 g/mol. The molecule has 0 unspecified atom stereocenters. The number of carbonyl (C=O) groups excluding carboxylic acids is 2. The summed E-state index contributed by atoms with van der Waals surface area (Å²) in [5.74, 6) is 0.919. The Balaban J connectivity index is 1.54. The number of rotatable bonds is 6. The molecule has 0 atom stereocenters. The number of aryl methyl sites for hydroxylation is 2. The zero-order valence-corrected chi connectivity index (χ0v) is 18.9. The molecule has 1 aliphatic heterocycles. The van der Waals surface area contributed by atoms with E-state index in [4.69, 9.17) is 0 Å². The fourth-order valence-corrected chi connectivity index (χ4v) is 3.69. The maximum absolute atomic E-state index is 11.7. The van der Waals surface area contributed by atoms with E-state index in [9.17, 15) is 9.59 Å². The lowest BCUT2D eigenvalue weighted by molar-refractivity contribution is -0.129. The first-order chi connectivity index (χ1) is 15.8. The highest BCUT2D eigenvalue weighted by Crippen LogP contribution is 2.30. The van der Waals surface area contributed by atoms with Gasteiger partial charge < -0.3 is 20.9 Å². The van der Waals surface area contributed by atoms with E-state index in [0.29, 0.717) is 30.5 Å². The Kier molecular flexibility index (Phi) is 6.08. The molecule has 1 aliphatic rings. The fourth-order valence-electron chi connectivity index (χ4n) is 3.69. The van der Waals surface area contributed by atoms with Crippen LogP contribution >= 0.6 is 0 Å². The normalized spacial score (nSPS) is 12.2. The van der Waals surface area contributed by atoms with Crippen LogP contribution < -0.4 is 16.0 Å². The molecule has 1 aromatic heterocycles. The van der Waals surface area contributed by atoms with Gasteiger partial charge in [0, 0.05) is 48.8 Å². The SMILES string of the molecule is C=CC(=O)Nc1cccc(Nc2nc(Nc3cc4c(cc3C)CN(C(C)=O)C4)ncc2C)c1. The van der Waals surface area contributed by atoms with Gasteiger partial charge in [-0.05, 0) is 60.9 Å². The molecule has 2 amide bonds. The van der Waals surface area contributed by atoms with Gasteiger partial charge in [-0.2, -0.15) is 4.98 Å². The van der Waals surface area contributed by atoms with Crippen molar-refractivity contribution in [3.63, 3.8) is 0 Å². The van der Waals surface area contributed by atoms with Crippen molar-refractivity contribution in [2.75, 3.05) is 16.0 Å². The second kappa shape index (κ2) is 9.12. The molecule has 8 nitrogen and oxygen atoms in total. The summed E-state index contributed by atoms with van der Waals surface area (Å²) in [6.45, 7) is 10.3. The summed E-state index contributed by atoms with van der Waals surface area (Å²) in [7, 11) is 0. The molecule has 2 aromatic carbocycles. The lowest BCUT2D eigenvalue weighted by Crippen LogP contribution is -2.21. The number of nitrogens with one attached hydrogen (secondary N) is 3. The lowest BCUT2D eigenvalue weighted by atomic mass is 10.1. The van der Waals surface area contributed by atoms with Crippen molar-refractivity contribution in [3.8, 4) is 0 Å². The predicted octanol–water partition coefficient (Wildman–Crippen LogP) is 4.57. The number of hydrogen-bond acceptors (Lipinski definition) is 6. The van der Waals surface area contributed by atoms with Crippen LogP contribution in [0.4, 0.5) is 28.8 Å². The van der Waals surface area contributed by atoms with Crippen LogP contribution in [0.1, 0.15) is 29.2 Å². The van der Waals surface area contributed by atoms with Crippen molar-refractivity contribution >= 4 is 40.6 Å². The summed E-state index contributed by atoms with van der Waals surface area (Å²) in [6.07, 6.45) is 2.98. The molecule has 0 saturated heterocycles. The van der Waals surface area contributed by atoms with E-state index in [0.717, 1.165) is 28.1 Å². The molecule has 8 heteroatoms. The Morgan fingerprint density at radius 1 is 1.03 bits per heavy atom. The van der Waals surface area contributed by atoms with E-state index in [1.54, 1.807) is 19.2 Å². The van der Waals surface area contributed by atoms with Crippen LogP contribution in [-0.2, 0) is 22.7 Å². The molecule has 168 valence electrons. The third-order valence-corrected chi connectivity index (χ3v) is 5.51. The average Bonchev–Trinajstić information content (AvgIpc) is 3.19. The maximum Gasteiger partial charge on any atom is 0.247 e. The fraction of sp³-hybridized carbons (Fsp3) is 0.200. The Morgan fingerprint density at radius 2 is 1.76 bits per heavy atom. The van der Waals surface area contributed by atoms with Gasteiger partial charge in [-0.1, -0.05) is 18.7 Å². The summed E-state index contributed by atoms with van der Waals surface area (Å²) in [5.41, 5.74) is 6.58. The van der Waals surface area contributed by atoms with Crippen LogP contribution in [0.5, 0.6) is 0 Å². The van der Waals surface area contributed by atoms with Crippen molar-refractivity contribution in [3.05, 3.63) is 77.5 Å². The standard InChI is InChI=1S/C25H26N6O2/c1-5-23(33)27-20-7-6-8-21(11-20)28-24-16(3)12-26-25(30-24)29-22-10-19-14-31(17(4)32)13-18(19)9-15(22)2/h5-12H,1,13-14H2,2-4H3,(H,27,33)(H2,26,28,29,30). The van der Waals surface area contributed by atoms with E-state index >= 15 is 0 Å². The van der Waals surface area contributed by atoms with Crippen LogP contribution in [0.3, 0.4) is 0 Å². The van der Waals surface area contributed by atoms with Crippen molar-refractivity contribution in [1.82, 2.24) is 14.9 Å². The number of nitrogens with zero attached hydrogens (tertiary/aromatic N) is 3. The molecule has 0 radical (unpaired) electrons. The second-order valence-electron chi connectivity index (χ2n) is 8.06. The molecule has 0 aliphatic carbocycles. The van der Waals surface area contributed by atoms with E-state index in [1.807, 2.05) is 36.9 Å². The van der Waals surface area contributed by atoms with Crippen molar-refractivity contribution < 1.29 is 9.59 Å². The van der Waals surface area contributed by atoms with Gasteiger partial charge in [0.05, 0.1) is 0 Å². The first kappa shape index (κ1) is 22.0. The van der Waals surface area contributed by atoms with Crippen LogP contribution in [0.2, 0.25) is 0 Å². The van der Waals surface area contributed by atoms with Gasteiger partial charge in [-0.15, -0.1) is 0 Å². The van der Waals surface area contributed by atoms with E-state index < -0.39 is 0 Å². The topological polar surface area (TPSA) is 99.2 Å². The first-order valence-corrected chi connectivity index (χ1v) is 10.6. The van der Waals surface area contributed by atoms with Gasteiger partial charge in [-0.25, -0.2) is 4.98 Å². The third-order valence-electron chi connectivity index (χ3n) is 5.51. The van der Waals surface area contributed by atoms with E-state index in [-0.39, 0.29) is 11.8 Å². The molecule has 0 saturated carbocycles. The highest BCUT2D eigenvalue weighted by atomic mass is 16.2. The van der Waals surface area contributed by atoms with Crippen LogP contribution in [0, 0.1) is 13.8 Å². The number of carbonyl (C=O) groups is 2.